The average Bonchev–Trinajstić information content (AvgIpc) is 2.61. The van der Waals surface area contributed by atoms with Crippen molar-refractivity contribution < 1.29 is 19.1 Å². The molecular formula is C18H20N2O4. The number of methoxy groups -OCH3 is 2. The Kier molecular flexibility index (Phi) is 5.92. The summed E-state index contributed by atoms with van der Waals surface area (Å²) in [5, 5.41) is 2.76. The van der Waals surface area contributed by atoms with Crippen LogP contribution in [-0.2, 0) is 22.5 Å². The van der Waals surface area contributed by atoms with Crippen molar-refractivity contribution in [3.05, 3.63) is 59.2 Å². The molecule has 0 atom stereocenters. The Hall–Kier alpha value is -2.86. The van der Waals surface area contributed by atoms with Crippen LogP contribution >= 0.6 is 0 Å². The molecule has 3 N–H and O–H groups in total. The molecule has 24 heavy (non-hydrogen) atoms. The number of carbonyl (C=O) groups is 2. The third-order valence-corrected chi connectivity index (χ3v) is 3.52. The maximum absolute atomic E-state index is 12.2. The first-order chi connectivity index (χ1) is 11.6. The van der Waals surface area contributed by atoms with E-state index in [0.717, 1.165) is 11.1 Å². The van der Waals surface area contributed by atoms with Gasteiger partial charge in [0.15, 0.2) is 5.75 Å². The fraction of sp³-hybridized carbons (Fsp3) is 0.222. The van der Waals surface area contributed by atoms with Crippen molar-refractivity contribution in [3.8, 4) is 5.75 Å². The van der Waals surface area contributed by atoms with Crippen LogP contribution < -0.4 is 15.8 Å². The standard InChI is InChI=1S/C18H20N2O4/c1-23-17-14(18(22)24-2)4-3-5-15(17)20-16(21)10-12-6-8-13(11-19)9-7-12/h3-9H,10-11,19H2,1-2H3,(H,20,21). The van der Waals surface area contributed by atoms with Gasteiger partial charge in [-0.25, -0.2) is 4.79 Å². The summed E-state index contributed by atoms with van der Waals surface area (Å²) < 4.78 is 9.97. The number of para-hydroxylation sites is 1. The molecule has 0 heterocycles. The lowest BCUT2D eigenvalue weighted by Crippen LogP contribution is -2.16. The quantitative estimate of drug-likeness (QED) is 0.793. The van der Waals surface area contributed by atoms with Crippen LogP contribution in [0, 0.1) is 0 Å². The Morgan fingerprint density at radius 3 is 2.29 bits per heavy atom. The molecule has 0 fully saturated rings. The molecule has 0 saturated heterocycles. The first-order valence-corrected chi connectivity index (χ1v) is 7.42. The Morgan fingerprint density at radius 1 is 1.04 bits per heavy atom. The molecule has 0 bridgehead atoms. The van der Waals surface area contributed by atoms with Gasteiger partial charge in [-0.2, -0.15) is 0 Å². The number of anilines is 1. The highest BCUT2D eigenvalue weighted by Gasteiger charge is 2.17. The summed E-state index contributed by atoms with van der Waals surface area (Å²) in [6.07, 6.45) is 0.205. The second kappa shape index (κ2) is 8.12. The highest BCUT2D eigenvalue weighted by atomic mass is 16.5. The Labute approximate surface area is 140 Å². The van der Waals surface area contributed by atoms with Crippen LogP contribution in [0.3, 0.4) is 0 Å². The molecule has 2 aromatic rings. The van der Waals surface area contributed by atoms with Gasteiger partial charge >= 0.3 is 5.97 Å². The largest absolute Gasteiger partial charge is 0.494 e. The van der Waals surface area contributed by atoms with Crippen molar-refractivity contribution in [3.63, 3.8) is 0 Å². The van der Waals surface area contributed by atoms with Gasteiger partial charge in [-0.1, -0.05) is 30.3 Å². The second-order valence-electron chi connectivity index (χ2n) is 5.12. The van der Waals surface area contributed by atoms with Gasteiger partial charge in [0.05, 0.1) is 26.3 Å². The minimum Gasteiger partial charge on any atom is -0.494 e. The van der Waals surface area contributed by atoms with Crippen molar-refractivity contribution in [1.82, 2.24) is 0 Å². The highest BCUT2D eigenvalue weighted by Crippen LogP contribution is 2.29. The van der Waals surface area contributed by atoms with Gasteiger partial charge in [-0.05, 0) is 23.3 Å². The Morgan fingerprint density at radius 2 is 1.71 bits per heavy atom. The van der Waals surface area contributed by atoms with E-state index in [-0.39, 0.29) is 23.6 Å². The Balaban J connectivity index is 2.14. The average molecular weight is 328 g/mol. The molecule has 6 nitrogen and oxygen atoms in total. The number of hydrogen-bond acceptors (Lipinski definition) is 5. The summed E-state index contributed by atoms with van der Waals surface area (Å²) in [5.74, 6) is -0.465. The first-order valence-electron chi connectivity index (χ1n) is 7.42. The van der Waals surface area contributed by atoms with Crippen LogP contribution in [-0.4, -0.2) is 26.1 Å². The van der Waals surface area contributed by atoms with Gasteiger partial charge in [0, 0.05) is 6.54 Å². The number of nitrogens with one attached hydrogen (secondary N) is 1. The molecule has 2 rings (SSSR count). The second-order valence-corrected chi connectivity index (χ2v) is 5.12. The predicted molar refractivity (Wildman–Crippen MR) is 91.0 cm³/mol. The van der Waals surface area contributed by atoms with Crippen molar-refractivity contribution in [2.24, 2.45) is 5.73 Å². The first kappa shape index (κ1) is 17.5. The summed E-state index contributed by atoms with van der Waals surface area (Å²) in [4.78, 5) is 24.0. The van der Waals surface area contributed by atoms with Gasteiger partial charge in [-0.3, -0.25) is 4.79 Å². The maximum Gasteiger partial charge on any atom is 0.341 e. The van der Waals surface area contributed by atoms with E-state index < -0.39 is 5.97 Å². The van der Waals surface area contributed by atoms with Crippen molar-refractivity contribution in [2.75, 3.05) is 19.5 Å². The van der Waals surface area contributed by atoms with E-state index in [4.69, 9.17) is 15.2 Å². The van der Waals surface area contributed by atoms with Crippen LogP contribution in [0.2, 0.25) is 0 Å². The Bertz CT molecular complexity index is 726. The predicted octanol–water partition coefficient (Wildman–Crippen LogP) is 2.12. The lowest BCUT2D eigenvalue weighted by atomic mass is 10.1. The van der Waals surface area contributed by atoms with E-state index in [9.17, 15) is 9.59 Å². The lowest BCUT2D eigenvalue weighted by Gasteiger charge is -2.13. The molecule has 0 unspecified atom stereocenters. The van der Waals surface area contributed by atoms with Gasteiger partial charge in [0.25, 0.3) is 0 Å². The number of hydrogen-bond donors (Lipinski definition) is 2. The van der Waals surface area contributed by atoms with E-state index in [2.05, 4.69) is 5.32 Å². The number of ether oxygens (including phenoxy) is 2. The molecule has 0 aliphatic carbocycles. The number of rotatable bonds is 6. The molecule has 0 spiro atoms. The topological polar surface area (TPSA) is 90.7 Å². The normalized spacial score (nSPS) is 10.1. The third-order valence-electron chi connectivity index (χ3n) is 3.52. The minimum atomic E-state index is -0.527. The molecule has 1 amide bonds. The lowest BCUT2D eigenvalue weighted by molar-refractivity contribution is -0.115. The molecule has 6 heteroatoms. The zero-order chi connectivity index (χ0) is 17.5. The SMILES string of the molecule is COC(=O)c1cccc(NC(=O)Cc2ccc(CN)cc2)c1OC. The van der Waals surface area contributed by atoms with E-state index in [0.29, 0.717) is 12.2 Å². The van der Waals surface area contributed by atoms with Gasteiger partial charge in [-0.15, -0.1) is 0 Å². The fourth-order valence-corrected chi connectivity index (χ4v) is 2.30. The summed E-state index contributed by atoms with van der Waals surface area (Å²) >= 11 is 0. The van der Waals surface area contributed by atoms with Crippen molar-refractivity contribution >= 4 is 17.6 Å². The van der Waals surface area contributed by atoms with Crippen LogP contribution in [0.4, 0.5) is 5.69 Å². The van der Waals surface area contributed by atoms with E-state index in [1.165, 1.54) is 14.2 Å². The fourth-order valence-electron chi connectivity index (χ4n) is 2.30. The van der Waals surface area contributed by atoms with Crippen LogP contribution in [0.25, 0.3) is 0 Å². The van der Waals surface area contributed by atoms with Gasteiger partial charge in [0.2, 0.25) is 5.91 Å². The monoisotopic (exact) mass is 328 g/mol. The molecular weight excluding hydrogens is 308 g/mol. The smallest absolute Gasteiger partial charge is 0.341 e. The minimum absolute atomic E-state index is 0.205. The summed E-state index contributed by atoms with van der Waals surface area (Å²) in [5.41, 5.74) is 8.10. The molecule has 2 aromatic carbocycles. The van der Waals surface area contributed by atoms with Crippen LogP contribution in [0.15, 0.2) is 42.5 Å². The number of nitrogens with two attached hydrogens (primary N) is 1. The van der Waals surface area contributed by atoms with Gasteiger partial charge in [0.1, 0.15) is 5.56 Å². The number of benzene rings is 2. The summed E-state index contributed by atoms with van der Waals surface area (Å²) in [6.45, 7) is 0.462. The zero-order valence-corrected chi connectivity index (χ0v) is 13.7. The van der Waals surface area contributed by atoms with E-state index >= 15 is 0 Å². The molecule has 126 valence electrons. The molecule has 0 radical (unpaired) electrons. The molecule has 0 aliphatic heterocycles. The number of esters is 1. The van der Waals surface area contributed by atoms with Crippen LogP contribution in [0.5, 0.6) is 5.75 Å². The highest BCUT2D eigenvalue weighted by molar-refractivity contribution is 5.99. The molecule has 0 aliphatic rings. The zero-order valence-electron chi connectivity index (χ0n) is 13.7. The maximum atomic E-state index is 12.2. The van der Waals surface area contributed by atoms with Crippen LogP contribution in [0.1, 0.15) is 21.5 Å². The number of amides is 1. The van der Waals surface area contributed by atoms with E-state index in [1.54, 1.807) is 18.2 Å². The summed E-state index contributed by atoms with van der Waals surface area (Å²) in [6, 6.07) is 12.4. The number of carbonyl (C=O) groups excluding carboxylic acids is 2. The van der Waals surface area contributed by atoms with Crippen molar-refractivity contribution in [2.45, 2.75) is 13.0 Å². The van der Waals surface area contributed by atoms with E-state index in [1.807, 2.05) is 24.3 Å². The molecule has 0 aromatic heterocycles. The third kappa shape index (κ3) is 4.11. The molecule has 0 saturated carbocycles. The van der Waals surface area contributed by atoms with Crippen molar-refractivity contribution in [1.29, 1.82) is 0 Å². The van der Waals surface area contributed by atoms with Gasteiger partial charge < -0.3 is 20.5 Å². The summed E-state index contributed by atoms with van der Waals surface area (Å²) in [7, 11) is 2.72.